The number of halogens is 1. The number of aromatic amines is 1. The highest BCUT2D eigenvalue weighted by Gasteiger charge is 2.02. The van der Waals surface area contributed by atoms with Crippen LogP contribution in [0.25, 0.3) is 11.0 Å². The second-order valence-corrected chi connectivity index (χ2v) is 5.09. The summed E-state index contributed by atoms with van der Waals surface area (Å²) in [5, 5.41) is 11.8. The van der Waals surface area contributed by atoms with Crippen molar-refractivity contribution >= 4 is 28.7 Å². The number of aliphatic hydroxyl groups is 1. The van der Waals surface area contributed by atoms with Crippen molar-refractivity contribution in [1.29, 1.82) is 0 Å². The summed E-state index contributed by atoms with van der Waals surface area (Å²) in [6, 6.07) is 4.49. The van der Waals surface area contributed by atoms with E-state index in [1.165, 1.54) is 12.1 Å². The van der Waals surface area contributed by atoms with Gasteiger partial charge in [0.1, 0.15) is 5.82 Å². The Morgan fingerprint density at radius 1 is 1.39 bits per heavy atom. The van der Waals surface area contributed by atoms with E-state index in [2.05, 4.69) is 15.3 Å². The van der Waals surface area contributed by atoms with Crippen LogP contribution >= 0.6 is 11.8 Å². The Hall–Kier alpha value is -1.27. The van der Waals surface area contributed by atoms with Crippen molar-refractivity contribution in [1.82, 2.24) is 9.97 Å². The van der Waals surface area contributed by atoms with Crippen molar-refractivity contribution in [3.8, 4) is 0 Å². The summed E-state index contributed by atoms with van der Waals surface area (Å²) in [7, 11) is 0. The smallest absolute Gasteiger partial charge is 0.201 e. The topological polar surface area (TPSA) is 60.9 Å². The molecule has 18 heavy (non-hydrogen) atoms. The van der Waals surface area contributed by atoms with Gasteiger partial charge in [0.2, 0.25) is 5.95 Å². The van der Waals surface area contributed by atoms with Gasteiger partial charge in [-0.2, -0.15) is 11.8 Å². The van der Waals surface area contributed by atoms with Gasteiger partial charge in [-0.05, 0) is 30.4 Å². The summed E-state index contributed by atoms with van der Waals surface area (Å²) in [4.78, 5) is 7.33. The number of aliphatic hydroxyl groups excluding tert-OH is 1. The number of thioether (sulfide) groups is 1. The molecule has 0 aliphatic rings. The van der Waals surface area contributed by atoms with E-state index in [0.29, 0.717) is 11.5 Å². The van der Waals surface area contributed by atoms with Crippen molar-refractivity contribution < 1.29 is 9.50 Å². The number of nitrogens with zero attached hydrogens (tertiary/aromatic N) is 1. The molecule has 2 rings (SSSR count). The minimum absolute atomic E-state index is 0.246. The van der Waals surface area contributed by atoms with Crippen LogP contribution in [-0.2, 0) is 0 Å². The van der Waals surface area contributed by atoms with Gasteiger partial charge in [0, 0.05) is 18.9 Å². The van der Waals surface area contributed by atoms with Crippen LogP contribution in [0.1, 0.15) is 6.42 Å². The average Bonchev–Trinajstić information content (AvgIpc) is 2.75. The van der Waals surface area contributed by atoms with Crippen molar-refractivity contribution in [3.05, 3.63) is 24.0 Å². The van der Waals surface area contributed by atoms with Crippen LogP contribution < -0.4 is 5.32 Å². The largest absolute Gasteiger partial charge is 0.396 e. The second kappa shape index (κ2) is 6.61. The fourth-order valence-corrected chi connectivity index (χ4v) is 2.36. The van der Waals surface area contributed by atoms with Crippen LogP contribution in [0.5, 0.6) is 0 Å². The molecule has 1 heterocycles. The number of fused-ring (bicyclic) bond motifs is 1. The summed E-state index contributed by atoms with van der Waals surface area (Å²) in [5.74, 6) is 2.31. The number of hydrogen-bond acceptors (Lipinski definition) is 4. The maximum atomic E-state index is 13.0. The molecule has 2 aromatic rings. The molecule has 0 saturated heterocycles. The molecule has 1 aromatic carbocycles. The third kappa shape index (κ3) is 3.61. The molecule has 0 radical (unpaired) electrons. The molecule has 3 N–H and O–H groups in total. The number of nitrogens with one attached hydrogen (secondary N) is 2. The van der Waals surface area contributed by atoms with Crippen LogP contribution in [0, 0.1) is 5.82 Å². The Kier molecular flexibility index (Phi) is 4.83. The molecular weight excluding hydrogens is 253 g/mol. The predicted molar refractivity (Wildman–Crippen MR) is 73.6 cm³/mol. The molecule has 0 spiro atoms. The van der Waals surface area contributed by atoms with Gasteiger partial charge >= 0.3 is 0 Å². The highest BCUT2D eigenvalue weighted by Crippen LogP contribution is 2.15. The molecule has 1 aromatic heterocycles. The quantitative estimate of drug-likeness (QED) is 0.675. The summed E-state index contributed by atoms with van der Waals surface area (Å²) < 4.78 is 13.0. The number of benzene rings is 1. The first-order valence-electron chi connectivity index (χ1n) is 5.87. The van der Waals surface area contributed by atoms with Gasteiger partial charge in [0.25, 0.3) is 0 Å². The lowest BCUT2D eigenvalue weighted by Gasteiger charge is -2.01. The molecule has 0 bridgehead atoms. The van der Waals surface area contributed by atoms with Crippen molar-refractivity contribution in [2.75, 3.05) is 30.0 Å². The van der Waals surface area contributed by atoms with Gasteiger partial charge in [-0.3, -0.25) is 0 Å². The Morgan fingerprint density at radius 2 is 2.28 bits per heavy atom. The van der Waals surface area contributed by atoms with Gasteiger partial charge in [-0.15, -0.1) is 0 Å². The zero-order valence-electron chi connectivity index (χ0n) is 9.95. The summed E-state index contributed by atoms with van der Waals surface area (Å²) >= 11 is 1.78. The highest BCUT2D eigenvalue weighted by molar-refractivity contribution is 7.99. The molecule has 6 heteroatoms. The maximum Gasteiger partial charge on any atom is 0.201 e. The molecule has 0 aliphatic heterocycles. The lowest BCUT2D eigenvalue weighted by atomic mass is 10.3. The second-order valence-electron chi connectivity index (χ2n) is 3.86. The van der Waals surface area contributed by atoms with Crippen LogP contribution in [0.2, 0.25) is 0 Å². The Balaban J connectivity index is 1.81. The van der Waals surface area contributed by atoms with Gasteiger partial charge in [-0.1, -0.05) is 0 Å². The van der Waals surface area contributed by atoms with E-state index < -0.39 is 0 Å². The van der Waals surface area contributed by atoms with E-state index in [4.69, 9.17) is 5.11 Å². The summed E-state index contributed by atoms with van der Waals surface area (Å²) in [6.07, 6.45) is 0.828. The number of imidazole rings is 1. The molecule has 0 atom stereocenters. The zero-order chi connectivity index (χ0) is 12.8. The van der Waals surface area contributed by atoms with Crippen LogP contribution in [0.15, 0.2) is 18.2 Å². The lowest BCUT2D eigenvalue weighted by Crippen LogP contribution is -2.05. The van der Waals surface area contributed by atoms with E-state index >= 15 is 0 Å². The predicted octanol–water partition coefficient (Wildman–Crippen LogP) is 2.23. The molecule has 4 nitrogen and oxygen atoms in total. The third-order valence-corrected chi connectivity index (χ3v) is 3.50. The molecule has 0 saturated carbocycles. The van der Waals surface area contributed by atoms with E-state index in [1.54, 1.807) is 17.8 Å². The zero-order valence-corrected chi connectivity index (χ0v) is 10.8. The fraction of sp³-hybridized carbons (Fsp3) is 0.417. The number of rotatable bonds is 7. The Labute approximate surface area is 109 Å². The molecule has 0 fully saturated rings. The standard InChI is InChI=1S/C12H16FN3OS/c13-9-2-3-10-11(8-9)16-12(15-10)14-4-7-18-6-1-5-17/h2-3,8,17H,1,4-7H2,(H2,14,15,16). The Morgan fingerprint density at radius 3 is 3.11 bits per heavy atom. The van der Waals surface area contributed by atoms with Crippen LogP contribution in [-0.4, -0.2) is 39.7 Å². The fourth-order valence-electron chi connectivity index (χ4n) is 1.58. The number of H-pyrrole nitrogens is 1. The van der Waals surface area contributed by atoms with Gasteiger partial charge in [0.05, 0.1) is 11.0 Å². The lowest BCUT2D eigenvalue weighted by molar-refractivity contribution is 0.296. The van der Waals surface area contributed by atoms with Gasteiger partial charge in [-0.25, -0.2) is 9.37 Å². The monoisotopic (exact) mass is 269 g/mol. The molecular formula is C12H16FN3OS. The molecule has 0 amide bonds. The minimum atomic E-state index is -0.266. The number of anilines is 1. The maximum absolute atomic E-state index is 13.0. The SMILES string of the molecule is OCCCSCCNc1nc2ccc(F)cc2[nH]1. The van der Waals surface area contributed by atoms with Gasteiger partial charge < -0.3 is 15.4 Å². The summed E-state index contributed by atoms with van der Waals surface area (Å²) in [5.41, 5.74) is 1.46. The average molecular weight is 269 g/mol. The first kappa shape index (κ1) is 13.2. The summed E-state index contributed by atoms with van der Waals surface area (Å²) in [6.45, 7) is 1.04. The molecule has 98 valence electrons. The van der Waals surface area contributed by atoms with Crippen molar-refractivity contribution in [2.24, 2.45) is 0 Å². The van der Waals surface area contributed by atoms with Crippen molar-refractivity contribution in [2.45, 2.75) is 6.42 Å². The van der Waals surface area contributed by atoms with E-state index in [1.807, 2.05) is 0 Å². The first-order valence-corrected chi connectivity index (χ1v) is 7.03. The third-order valence-electron chi connectivity index (χ3n) is 2.43. The normalized spacial score (nSPS) is 11.0. The Bertz CT molecular complexity index is 503. The van der Waals surface area contributed by atoms with Crippen LogP contribution in [0.4, 0.5) is 10.3 Å². The molecule has 0 unspecified atom stereocenters. The van der Waals surface area contributed by atoms with E-state index in [9.17, 15) is 4.39 Å². The van der Waals surface area contributed by atoms with Crippen molar-refractivity contribution in [3.63, 3.8) is 0 Å². The van der Waals surface area contributed by atoms with E-state index in [-0.39, 0.29) is 12.4 Å². The number of aromatic nitrogens is 2. The first-order chi connectivity index (χ1) is 8.79. The number of hydrogen-bond donors (Lipinski definition) is 3. The van der Waals surface area contributed by atoms with Crippen LogP contribution in [0.3, 0.4) is 0 Å². The van der Waals surface area contributed by atoms with E-state index in [0.717, 1.165) is 30.0 Å². The minimum Gasteiger partial charge on any atom is -0.396 e. The highest BCUT2D eigenvalue weighted by atomic mass is 32.2. The molecule has 0 aliphatic carbocycles. The van der Waals surface area contributed by atoms with Gasteiger partial charge in [0.15, 0.2) is 0 Å².